The molecule has 0 bridgehead atoms. The Hall–Kier alpha value is -2.88. The molecule has 3 aromatic rings. The number of anilines is 1. The monoisotopic (exact) mass is 404 g/mol. The number of imidazole rings is 1. The predicted molar refractivity (Wildman–Crippen MR) is 112 cm³/mol. The van der Waals surface area contributed by atoms with E-state index < -0.39 is 0 Å². The van der Waals surface area contributed by atoms with Crippen LogP contribution in [0.2, 0.25) is 5.02 Å². The van der Waals surface area contributed by atoms with E-state index in [1.807, 2.05) is 31.2 Å². The van der Waals surface area contributed by atoms with E-state index in [0.717, 1.165) is 16.6 Å². The molecule has 0 amide bonds. The molecule has 0 radical (unpaired) electrons. The number of H-pyrrole nitrogens is 1. The molecule has 1 aromatic heterocycles. The van der Waals surface area contributed by atoms with Crippen LogP contribution in [0.5, 0.6) is 11.5 Å². The molecule has 2 aromatic carbocycles. The van der Waals surface area contributed by atoms with E-state index in [4.69, 9.17) is 27.5 Å². The third-order valence-electron chi connectivity index (χ3n) is 3.40. The summed E-state index contributed by atoms with van der Waals surface area (Å²) >= 11 is 6.28. The normalized spacial score (nSPS) is 10.4. The van der Waals surface area contributed by atoms with Gasteiger partial charge in [0.1, 0.15) is 6.61 Å². The van der Waals surface area contributed by atoms with Crippen LogP contribution in [0.4, 0.5) is 5.95 Å². The van der Waals surface area contributed by atoms with Crippen LogP contribution in [0.15, 0.2) is 41.5 Å². The lowest BCUT2D eigenvalue weighted by atomic mass is 10.2. The summed E-state index contributed by atoms with van der Waals surface area (Å²) in [7, 11) is 0. The van der Waals surface area contributed by atoms with Gasteiger partial charge in [0.05, 0.1) is 28.9 Å². The van der Waals surface area contributed by atoms with Gasteiger partial charge in [-0.15, -0.1) is 18.8 Å². The Morgan fingerprint density at radius 3 is 2.89 bits per heavy atom. The highest BCUT2D eigenvalue weighted by Crippen LogP contribution is 2.36. The fraction of sp³-hybridized carbons (Fsp3) is 0.158. The molecule has 0 unspecified atom stereocenters. The van der Waals surface area contributed by atoms with Crippen LogP contribution >= 0.6 is 24.0 Å². The van der Waals surface area contributed by atoms with Crippen molar-refractivity contribution in [1.82, 2.24) is 9.97 Å². The average Bonchev–Trinajstić information content (AvgIpc) is 3.04. The van der Waals surface area contributed by atoms with Crippen molar-refractivity contribution in [2.24, 2.45) is 5.10 Å². The fourth-order valence-corrected chi connectivity index (χ4v) is 2.63. The zero-order chi connectivity index (χ0) is 18.4. The lowest BCUT2D eigenvalue weighted by molar-refractivity contribution is 0.299. The van der Waals surface area contributed by atoms with Crippen LogP contribution < -0.4 is 14.9 Å². The van der Waals surface area contributed by atoms with Crippen molar-refractivity contribution in [3.63, 3.8) is 0 Å². The van der Waals surface area contributed by atoms with E-state index in [9.17, 15) is 0 Å². The second-order valence-electron chi connectivity index (χ2n) is 5.23. The number of hydrazone groups is 1. The minimum Gasteiger partial charge on any atom is -0.490 e. The lowest BCUT2D eigenvalue weighted by Crippen LogP contribution is -2.01. The first-order valence-corrected chi connectivity index (χ1v) is 8.35. The first kappa shape index (κ1) is 20.4. The van der Waals surface area contributed by atoms with Crippen molar-refractivity contribution < 1.29 is 9.47 Å². The Labute approximate surface area is 168 Å². The summed E-state index contributed by atoms with van der Waals surface area (Å²) < 4.78 is 11.0. The Kier molecular flexibility index (Phi) is 7.35. The molecule has 0 aliphatic heterocycles. The minimum absolute atomic E-state index is 0. The maximum Gasteiger partial charge on any atom is 0.222 e. The van der Waals surface area contributed by atoms with E-state index in [-0.39, 0.29) is 19.0 Å². The lowest BCUT2D eigenvalue weighted by Gasteiger charge is -2.12. The van der Waals surface area contributed by atoms with Crippen molar-refractivity contribution in [3.8, 4) is 23.8 Å². The third kappa shape index (κ3) is 5.07. The highest BCUT2D eigenvalue weighted by atomic mass is 35.5. The summed E-state index contributed by atoms with van der Waals surface area (Å²) in [5.74, 6) is 3.90. The number of hydrogen-bond acceptors (Lipinski definition) is 5. The Morgan fingerprint density at radius 2 is 2.15 bits per heavy atom. The van der Waals surface area contributed by atoms with Gasteiger partial charge in [0.15, 0.2) is 11.5 Å². The molecule has 0 aliphatic rings. The largest absolute Gasteiger partial charge is 0.490 e. The van der Waals surface area contributed by atoms with E-state index >= 15 is 0 Å². The molecule has 27 heavy (non-hydrogen) atoms. The van der Waals surface area contributed by atoms with Crippen LogP contribution in [0.1, 0.15) is 12.5 Å². The number of rotatable bonds is 7. The molecule has 140 valence electrons. The molecule has 2 N–H and O–H groups in total. The summed E-state index contributed by atoms with van der Waals surface area (Å²) in [5, 5.41) is 4.58. The number of hydrogen-bond donors (Lipinski definition) is 2. The van der Waals surface area contributed by atoms with Gasteiger partial charge in [-0.2, -0.15) is 5.10 Å². The van der Waals surface area contributed by atoms with E-state index in [2.05, 4.69) is 26.4 Å². The second-order valence-corrected chi connectivity index (χ2v) is 5.64. The molecule has 0 aliphatic carbocycles. The van der Waals surface area contributed by atoms with Gasteiger partial charge in [0.25, 0.3) is 0 Å². The van der Waals surface area contributed by atoms with Crippen LogP contribution in [0.3, 0.4) is 0 Å². The van der Waals surface area contributed by atoms with E-state index in [1.165, 1.54) is 0 Å². The van der Waals surface area contributed by atoms with Gasteiger partial charge >= 0.3 is 0 Å². The molecular formula is C19H18Cl2N4O2. The van der Waals surface area contributed by atoms with E-state index in [1.54, 1.807) is 18.3 Å². The Bertz CT molecular complexity index is 946. The highest BCUT2D eigenvalue weighted by Gasteiger charge is 2.12. The van der Waals surface area contributed by atoms with Crippen molar-refractivity contribution >= 4 is 47.2 Å². The average molecular weight is 405 g/mol. The van der Waals surface area contributed by atoms with Gasteiger partial charge < -0.3 is 14.5 Å². The highest BCUT2D eigenvalue weighted by molar-refractivity contribution is 6.32. The van der Waals surface area contributed by atoms with Gasteiger partial charge in [0, 0.05) is 0 Å². The number of terminal acetylenes is 1. The molecule has 0 saturated carbocycles. The molecular weight excluding hydrogens is 387 g/mol. The molecule has 0 spiro atoms. The Morgan fingerprint density at radius 1 is 1.33 bits per heavy atom. The second kappa shape index (κ2) is 9.72. The first-order chi connectivity index (χ1) is 12.7. The smallest absolute Gasteiger partial charge is 0.222 e. The molecule has 0 fully saturated rings. The molecule has 0 atom stereocenters. The van der Waals surface area contributed by atoms with Gasteiger partial charge in [-0.25, -0.2) is 10.4 Å². The van der Waals surface area contributed by atoms with Crippen LogP contribution in [0.25, 0.3) is 11.0 Å². The predicted octanol–water partition coefficient (Wildman–Crippen LogP) is 4.49. The quantitative estimate of drug-likeness (QED) is 0.345. The van der Waals surface area contributed by atoms with Gasteiger partial charge in [-0.1, -0.05) is 29.7 Å². The van der Waals surface area contributed by atoms with Crippen LogP contribution in [-0.2, 0) is 0 Å². The third-order valence-corrected chi connectivity index (χ3v) is 3.69. The van der Waals surface area contributed by atoms with Crippen LogP contribution in [0, 0.1) is 12.3 Å². The number of aromatic nitrogens is 2. The van der Waals surface area contributed by atoms with Crippen LogP contribution in [-0.4, -0.2) is 29.4 Å². The maximum atomic E-state index is 6.28. The molecule has 0 saturated heterocycles. The number of nitrogens with one attached hydrogen (secondary N) is 2. The Balaban J connectivity index is 0.00000261. The van der Waals surface area contributed by atoms with Crippen molar-refractivity contribution in [1.29, 1.82) is 0 Å². The summed E-state index contributed by atoms with van der Waals surface area (Å²) in [6, 6.07) is 11.2. The summed E-state index contributed by atoms with van der Waals surface area (Å²) in [6.07, 6.45) is 6.85. The molecule has 8 heteroatoms. The maximum absolute atomic E-state index is 6.28. The first-order valence-electron chi connectivity index (χ1n) is 7.97. The number of halogens is 2. The van der Waals surface area contributed by atoms with Crippen molar-refractivity contribution in [2.75, 3.05) is 18.6 Å². The summed E-state index contributed by atoms with van der Waals surface area (Å²) in [4.78, 5) is 7.52. The number of para-hydroxylation sites is 2. The van der Waals surface area contributed by atoms with Crippen molar-refractivity contribution in [3.05, 3.63) is 47.0 Å². The fourth-order valence-electron chi connectivity index (χ4n) is 2.35. The number of benzene rings is 2. The zero-order valence-corrected chi connectivity index (χ0v) is 16.1. The number of aromatic amines is 1. The number of ether oxygens (including phenoxy) is 2. The standard InChI is InChI=1S/C19H17ClN4O2.ClH/c1-3-9-26-18-14(20)10-13(11-17(18)25-4-2)12-21-24-19-22-15-7-5-6-8-16(15)23-19;/h1,5-8,10-12H,4,9H2,2H3,(H2,22,23,24);1H. The molecule has 6 nitrogen and oxygen atoms in total. The SMILES string of the molecule is C#CCOc1c(Cl)cc(C=NNc2nc3ccccc3[nH]2)cc1OCC.Cl. The molecule has 1 heterocycles. The topological polar surface area (TPSA) is 71.5 Å². The minimum atomic E-state index is 0. The molecule has 3 rings (SSSR count). The van der Waals surface area contributed by atoms with Gasteiger partial charge in [-0.05, 0) is 36.8 Å². The van der Waals surface area contributed by atoms with Gasteiger partial charge in [-0.3, -0.25) is 0 Å². The summed E-state index contributed by atoms with van der Waals surface area (Å²) in [6.45, 7) is 2.46. The number of nitrogens with zero attached hydrogens (tertiary/aromatic N) is 2. The van der Waals surface area contributed by atoms with Crippen molar-refractivity contribution in [2.45, 2.75) is 6.92 Å². The zero-order valence-electron chi connectivity index (χ0n) is 14.5. The van der Waals surface area contributed by atoms with E-state index in [0.29, 0.717) is 29.1 Å². The summed E-state index contributed by atoms with van der Waals surface area (Å²) in [5.41, 5.74) is 5.40. The van der Waals surface area contributed by atoms with Gasteiger partial charge in [0.2, 0.25) is 5.95 Å². The number of fused-ring (bicyclic) bond motifs is 1.